The zero-order chi connectivity index (χ0) is 21.8. The summed E-state index contributed by atoms with van der Waals surface area (Å²) in [4.78, 5) is 50.8. The summed E-state index contributed by atoms with van der Waals surface area (Å²) in [7, 11) is 0. The molecule has 0 unspecified atom stereocenters. The molecule has 4 rings (SSSR count). The van der Waals surface area contributed by atoms with Crippen molar-refractivity contribution in [2.24, 2.45) is 0 Å². The van der Waals surface area contributed by atoms with E-state index in [1.807, 2.05) is 0 Å². The number of fused-ring (bicyclic) bond motifs is 1. The Bertz CT molecular complexity index is 1150. The van der Waals surface area contributed by atoms with Gasteiger partial charge in [-0.15, -0.1) is 0 Å². The molecule has 0 bridgehead atoms. The van der Waals surface area contributed by atoms with E-state index in [1.165, 1.54) is 24.5 Å². The van der Waals surface area contributed by atoms with E-state index >= 15 is 0 Å². The molecular formula is C23H16N2O6. The van der Waals surface area contributed by atoms with Crippen LogP contribution in [0.1, 0.15) is 36.8 Å². The van der Waals surface area contributed by atoms with Crippen LogP contribution in [0, 0.1) is 0 Å². The monoisotopic (exact) mass is 416 g/mol. The number of nitrogens with one attached hydrogen (secondary N) is 1. The highest BCUT2D eigenvalue weighted by atomic mass is 16.5. The van der Waals surface area contributed by atoms with E-state index in [-0.39, 0.29) is 16.8 Å². The Morgan fingerprint density at radius 1 is 0.903 bits per heavy atom. The SMILES string of the molecule is O=C(OCN1C(=O)c2ccccc2C1=O)C(=Cc1ccco1)NC(=O)c1ccccc1. The van der Waals surface area contributed by atoms with Crippen LogP contribution in [0.4, 0.5) is 0 Å². The van der Waals surface area contributed by atoms with Gasteiger partial charge in [-0.2, -0.15) is 0 Å². The van der Waals surface area contributed by atoms with Gasteiger partial charge in [0.15, 0.2) is 6.73 Å². The average molecular weight is 416 g/mol. The minimum atomic E-state index is -0.933. The molecule has 0 aliphatic carbocycles. The lowest BCUT2D eigenvalue weighted by molar-refractivity contribution is -0.141. The predicted molar refractivity (Wildman–Crippen MR) is 108 cm³/mol. The van der Waals surface area contributed by atoms with E-state index in [2.05, 4.69) is 5.32 Å². The summed E-state index contributed by atoms with van der Waals surface area (Å²) < 4.78 is 10.4. The normalized spacial score (nSPS) is 13.2. The fourth-order valence-electron chi connectivity index (χ4n) is 3.00. The molecule has 8 nitrogen and oxygen atoms in total. The molecule has 2 heterocycles. The Morgan fingerprint density at radius 2 is 1.55 bits per heavy atom. The minimum absolute atomic E-state index is 0.208. The van der Waals surface area contributed by atoms with E-state index in [9.17, 15) is 19.2 Å². The van der Waals surface area contributed by atoms with Gasteiger partial charge in [0.2, 0.25) is 0 Å². The number of hydrogen-bond acceptors (Lipinski definition) is 6. The van der Waals surface area contributed by atoms with Gasteiger partial charge in [0.05, 0.1) is 17.4 Å². The number of hydrogen-bond donors (Lipinski definition) is 1. The lowest BCUT2D eigenvalue weighted by atomic mass is 10.1. The molecule has 1 N–H and O–H groups in total. The van der Waals surface area contributed by atoms with Crippen molar-refractivity contribution in [1.82, 2.24) is 10.2 Å². The molecule has 0 saturated carbocycles. The second kappa shape index (κ2) is 8.50. The smallest absolute Gasteiger partial charge is 0.356 e. The van der Waals surface area contributed by atoms with Crippen molar-refractivity contribution in [1.29, 1.82) is 0 Å². The second-order valence-electron chi connectivity index (χ2n) is 6.54. The molecular weight excluding hydrogens is 400 g/mol. The summed E-state index contributed by atoms with van der Waals surface area (Å²) in [5.41, 5.74) is 0.612. The number of amides is 3. The topological polar surface area (TPSA) is 106 Å². The quantitative estimate of drug-likeness (QED) is 0.376. The van der Waals surface area contributed by atoms with Gasteiger partial charge in [0.1, 0.15) is 11.5 Å². The number of carbonyl (C=O) groups excluding carboxylic acids is 4. The lowest BCUT2D eigenvalue weighted by Gasteiger charge is -2.15. The number of carbonyl (C=O) groups is 4. The number of benzene rings is 2. The number of rotatable bonds is 6. The summed E-state index contributed by atoms with van der Waals surface area (Å²) in [6.45, 7) is -0.595. The maximum absolute atomic E-state index is 12.7. The molecule has 0 radical (unpaired) electrons. The standard InChI is InChI=1S/C23H16N2O6/c26-20(15-7-2-1-3-8-15)24-19(13-16-9-6-12-30-16)23(29)31-14-25-21(27)17-10-4-5-11-18(17)22(25)28/h1-13H,14H2,(H,24,26). The van der Waals surface area contributed by atoms with Gasteiger partial charge >= 0.3 is 5.97 Å². The first-order valence-corrected chi connectivity index (χ1v) is 9.28. The van der Waals surface area contributed by atoms with Crippen LogP contribution in [-0.4, -0.2) is 35.3 Å². The number of furan rings is 1. The lowest BCUT2D eigenvalue weighted by Crippen LogP contribution is -2.35. The first kappa shape index (κ1) is 19.8. The van der Waals surface area contributed by atoms with Crippen molar-refractivity contribution in [2.45, 2.75) is 0 Å². The largest absolute Gasteiger partial charge is 0.465 e. The van der Waals surface area contributed by atoms with Crippen LogP contribution in [0.5, 0.6) is 0 Å². The van der Waals surface area contributed by atoms with Crippen LogP contribution in [0.3, 0.4) is 0 Å². The molecule has 0 atom stereocenters. The molecule has 1 aromatic heterocycles. The molecule has 2 aromatic carbocycles. The zero-order valence-corrected chi connectivity index (χ0v) is 16.1. The van der Waals surface area contributed by atoms with Crippen molar-refractivity contribution in [3.63, 3.8) is 0 Å². The fraction of sp³-hybridized carbons (Fsp3) is 0.0435. The van der Waals surface area contributed by atoms with Crippen LogP contribution >= 0.6 is 0 Å². The van der Waals surface area contributed by atoms with E-state index in [0.29, 0.717) is 11.3 Å². The summed E-state index contributed by atoms with van der Waals surface area (Å²) in [6.07, 6.45) is 2.71. The first-order chi connectivity index (χ1) is 15.0. The maximum atomic E-state index is 12.7. The molecule has 1 aliphatic heterocycles. The van der Waals surface area contributed by atoms with Crippen molar-refractivity contribution < 1.29 is 28.3 Å². The molecule has 31 heavy (non-hydrogen) atoms. The molecule has 154 valence electrons. The summed E-state index contributed by atoms with van der Waals surface area (Å²) in [5, 5.41) is 2.49. The van der Waals surface area contributed by atoms with Crippen LogP contribution in [0.2, 0.25) is 0 Å². The van der Waals surface area contributed by atoms with Crippen molar-refractivity contribution in [3.05, 3.63) is 101 Å². The van der Waals surface area contributed by atoms with E-state index < -0.39 is 30.4 Å². The Kier molecular flexibility index (Phi) is 5.44. The van der Waals surface area contributed by atoms with Gasteiger partial charge in [-0.3, -0.25) is 14.4 Å². The van der Waals surface area contributed by atoms with Gasteiger partial charge in [-0.1, -0.05) is 30.3 Å². The summed E-state index contributed by atoms with van der Waals surface area (Å²) in [6, 6.07) is 17.8. The molecule has 3 amide bonds. The number of imide groups is 1. The highest BCUT2D eigenvalue weighted by molar-refractivity contribution is 6.21. The van der Waals surface area contributed by atoms with Gasteiger partial charge in [0, 0.05) is 11.6 Å². The molecule has 1 aliphatic rings. The summed E-state index contributed by atoms with van der Waals surface area (Å²) >= 11 is 0. The molecule has 0 spiro atoms. The minimum Gasteiger partial charge on any atom is -0.465 e. The Hall–Kier alpha value is -4.46. The van der Waals surface area contributed by atoms with Crippen LogP contribution in [-0.2, 0) is 9.53 Å². The third-order valence-corrected chi connectivity index (χ3v) is 4.54. The predicted octanol–water partition coefficient (Wildman–Crippen LogP) is 2.85. The highest BCUT2D eigenvalue weighted by Crippen LogP contribution is 2.22. The number of nitrogens with zero attached hydrogens (tertiary/aromatic N) is 1. The van der Waals surface area contributed by atoms with Crippen LogP contribution in [0.25, 0.3) is 6.08 Å². The third-order valence-electron chi connectivity index (χ3n) is 4.54. The average Bonchev–Trinajstić information content (AvgIpc) is 3.39. The van der Waals surface area contributed by atoms with Crippen LogP contribution < -0.4 is 5.32 Å². The second-order valence-corrected chi connectivity index (χ2v) is 6.54. The molecule has 0 fully saturated rings. The summed E-state index contributed by atoms with van der Waals surface area (Å²) in [5.74, 6) is -2.27. The van der Waals surface area contributed by atoms with E-state index in [1.54, 1.807) is 54.6 Å². The van der Waals surface area contributed by atoms with Gasteiger partial charge in [-0.25, -0.2) is 9.69 Å². The third kappa shape index (κ3) is 4.13. The first-order valence-electron chi connectivity index (χ1n) is 9.28. The fourth-order valence-corrected chi connectivity index (χ4v) is 3.00. The van der Waals surface area contributed by atoms with Crippen LogP contribution in [0.15, 0.2) is 83.1 Å². The van der Waals surface area contributed by atoms with Gasteiger partial charge in [-0.05, 0) is 36.4 Å². The van der Waals surface area contributed by atoms with E-state index in [4.69, 9.17) is 9.15 Å². The highest BCUT2D eigenvalue weighted by Gasteiger charge is 2.36. The number of ether oxygens (including phenoxy) is 1. The Labute approximate surface area is 176 Å². The van der Waals surface area contributed by atoms with Crippen molar-refractivity contribution in [3.8, 4) is 0 Å². The molecule has 8 heteroatoms. The Morgan fingerprint density at radius 3 is 2.16 bits per heavy atom. The van der Waals surface area contributed by atoms with Crippen molar-refractivity contribution >= 4 is 29.8 Å². The number of esters is 1. The van der Waals surface area contributed by atoms with Gasteiger partial charge in [0.25, 0.3) is 17.7 Å². The molecule has 3 aromatic rings. The Balaban J connectivity index is 1.50. The maximum Gasteiger partial charge on any atom is 0.356 e. The molecule has 0 saturated heterocycles. The van der Waals surface area contributed by atoms with E-state index in [0.717, 1.165) is 4.90 Å². The van der Waals surface area contributed by atoms with Crippen molar-refractivity contribution in [2.75, 3.05) is 6.73 Å². The zero-order valence-electron chi connectivity index (χ0n) is 16.1. The van der Waals surface area contributed by atoms with Gasteiger partial charge < -0.3 is 14.5 Å².